The van der Waals surface area contributed by atoms with Gasteiger partial charge in [-0.15, -0.1) is 12.4 Å². The average molecular weight is 509 g/mol. The summed E-state index contributed by atoms with van der Waals surface area (Å²) in [6.45, 7) is 0. The molecule has 0 unspecified atom stereocenters. The molecule has 0 aliphatic heterocycles. The molecule has 0 aliphatic rings. The van der Waals surface area contributed by atoms with Crippen molar-refractivity contribution in [2.24, 2.45) is 7.05 Å². The van der Waals surface area contributed by atoms with Crippen LogP contribution in [-0.2, 0) is 7.05 Å². The number of benzene rings is 4. The van der Waals surface area contributed by atoms with Gasteiger partial charge in [-0.25, -0.2) is 4.98 Å². The minimum absolute atomic E-state index is 0. The first kappa shape index (κ1) is 26.9. The number of nitrogens with zero attached hydrogens (tertiary/aromatic N) is 2. The molecular formula is C27H26ClKN6+2. The first-order valence-electron chi connectivity index (χ1n) is 10.6. The molecule has 0 amide bonds. The summed E-state index contributed by atoms with van der Waals surface area (Å²) >= 11 is 0. The Kier molecular flexibility index (Phi) is 8.43. The monoisotopic (exact) mass is 508 g/mol. The zero-order chi connectivity index (χ0) is 23.1. The molecule has 8 N–H and O–H groups in total. The first-order valence-corrected chi connectivity index (χ1v) is 10.6. The van der Waals surface area contributed by atoms with Crippen molar-refractivity contribution in [1.82, 2.24) is 4.98 Å². The molecule has 2 heterocycles. The quantitative estimate of drug-likeness (QED) is 0.108. The number of aryl methyl sites for hydroxylation is 1. The molecule has 4 aromatic carbocycles. The van der Waals surface area contributed by atoms with Crippen molar-refractivity contribution >= 4 is 78.8 Å². The van der Waals surface area contributed by atoms with Gasteiger partial charge >= 0.3 is 51.4 Å². The van der Waals surface area contributed by atoms with Crippen LogP contribution in [0.1, 0.15) is 0 Å². The molecular weight excluding hydrogens is 483 g/mol. The van der Waals surface area contributed by atoms with E-state index >= 15 is 0 Å². The molecule has 0 saturated carbocycles. The number of nitrogen functional groups attached to an aromatic ring is 4. The van der Waals surface area contributed by atoms with Crippen molar-refractivity contribution in [2.45, 2.75) is 0 Å². The summed E-state index contributed by atoms with van der Waals surface area (Å²) < 4.78 is 2.12. The van der Waals surface area contributed by atoms with E-state index in [1.165, 1.54) is 10.8 Å². The van der Waals surface area contributed by atoms with E-state index in [0.717, 1.165) is 55.6 Å². The molecule has 0 bridgehead atoms. The van der Waals surface area contributed by atoms with Crippen LogP contribution in [0.4, 0.5) is 22.7 Å². The maximum absolute atomic E-state index is 5.83. The smallest absolute Gasteiger partial charge is 0.399 e. The standard InChI is InChI=1S/C14H13N3.C13H11N3.ClH.K/c1-17-13-7-11(15)4-2-9(13)6-10-3-5-12(16)8-14(10)17;14-10-3-1-8-5-9-2-4-11(15)7-13(9)16-12(8)6-10;;/h2-8H,1H3,(H3,15,16);1-7H,14-15H2;1H;/q;;;+1/p+1. The molecule has 6 rings (SSSR count). The molecule has 0 radical (unpaired) electrons. The summed E-state index contributed by atoms with van der Waals surface area (Å²) in [5.74, 6) is 0. The Morgan fingerprint density at radius 3 is 1.29 bits per heavy atom. The molecule has 0 spiro atoms. The van der Waals surface area contributed by atoms with Gasteiger partial charge in [-0.1, -0.05) is 12.1 Å². The maximum atomic E-state index is 5.83. The third-order valence-corrected chi connectivity index (χ3v) is 5.80. The Morgan fingerprint density at radius 2 is 0.857 bits per heavy atom. The van der Waals surface area contributed by atoms with E-state index < -0.39 is 0 Å². The van der Waals surface area contributed by atoms with Crippen LogP contribution >= 0.6 is 12.4 Å². The molecule has 0 atom stereocenters. The van der Waals surface area contributed by atoms with Gasteiger partial charge in [0.15, 0.2) is 0 Å². The van der Waals surface area contributed by atoms with Crippen LogP contribution < -0.4 is 78.9 Å². The Hall–Kier alpha value is -2.65. The summed E-state index contributed by atoms with van der Waals surface area (Å²) in [6.07, 6.45) is 0. The fourth-order valence-corrected chi connectivity index (χ4v) is 4.10. The molecule has 6 nitrogen and oxygen atoms in total. The zero-order valence-electron chi connectivity index (χ0n) is 19.7. The summed E-state index contributed by atoms with van der Waals surface area (Å²) in [5.41, 5.74) is 30.2. The van der Waals surface area contributed by atoms with E-state index in [1.54, 1.807) is 0 Å². The summed E-state index contributed by atoms with van der Waals surface area (Å²) in [7, 11) is 2.03. The molecule has 35 heavy (non-hydrogen) atoms. The number of halogens is 1. The summed E-state index contributed by atoms with van der Waals surface area (Å²) in [5, 5.41) is 4.54. The second-order valence-electron chi connectivity index (χ2n) is 8.23. The van der Waals surface area contributed by atoms with E-state index in [2.05, 4.69) is 21.7 Å². The number of aromatic nitrogens is 2. The largest absolute Gasteiger partial charge is 1.00 e. The van der Waals surface area contributed by atoms with E-state index in [1.807, 2.05) is 79.8 Å². The number of hydrogen-bond donors (Lipinski definition) is 4. The van der Waals surface area contributed by atoms with Crippen molar-refractivity contribution in [1.29, 1.82) is 0 Å². The number of hydrogen-bond acceptors (Lipinski definition) is 5. The van der Waals surface area contributed by atoms with Gasteiger partial charge < -0.3 is 22.9 Å². The number of anilines is 4. The predicted molar refractivity (Wildman–Crippen MR) is 147 cm³/mol. The topological polar surface area (TPSA) is 121 Å². The van der Waals surface area contributed by atoms with Gasteiger partial charge in [0.1, 0.15) is 7.05 Å². The predicted octanol–water partition coefficient (Wildman–Crippen LogP) is 1.96. The molecule has 8 heteroatoms. The number of pyridine rings is 2. The Balaban J connectivity index is 0.000000185. The fourth-order valence-electron chi connectivity index (χ4n) is 4.10. The van der Waals surface area contributed by atoms with Gasteiger partial charge in [0, 0.05) is 56.4 Å². The normalized spacial score (nSPS) is 10.4. The maximum Gasteiger partial charge on any atom is 1.00 e. The van der Waals surface area contributed by atoms with Crippen LogP contribution in [0.2, 0.25) is 0 Å². The van der Waals surface area contributed by atoms with E-state index in [0.29, 0.717) is 0 Å². The third-order valence-electron chi connectivity index (χ3n) is 5.80. The van der Waals surface area contributed by atoms with Crippen molar-refractivity contribution in [3.8, 4) is 0 Å². The molecule has 0 aliphatic carbocycles. The van der Waals surface area contributed by atoms with Gasteiger partial charge in [-0.3, -0.25) is 0 Å². The number of rotatable bonds is 0. The van der Waals surface area contributed by atoms with Crippen LogP contribution in [0, 0.1) is 0 Å². The molecule has 170 valence electrons. The minimum Gasteiger partial charge on any atom is -0.399 e. The van der Waals surface area contributed by atoms with E-state index in [-0.39, 0.29) is 63.8 Å². The number of nitrogens with two attached hydrogens (primary N) is 4. The third kappa shape index (κ3) is 5.61. The second kappa shape index (κ2) is 10.9. The van der Waals surface area contributed by atoms with Crippen molar-refractivity contribution < 1.29 is 56.0 Å². The van der Waals surface area contributed by atoms with Crippen LogP contribution in [-0.4, -0.2) is 4.98 Å². The van der Waals surface area contributed by atoms with Crippen molar-refractivity contribution in [3.63, 3.8) is 0 Å². The minimum atomic E-state index is 0. The van der Waals surface area contributed by atoms with Crippen LogP contribution in [0.3, 0.4) is 0 Å². The Bertz CT molecular complexity index is 1570. The second-order valence-corrected chi connectivity index (χ2v) is 8.23. The van der Waals surface area contributed by atoms with Crippen molar-refractivity contribution in [3.05, 3.63) is 84.9 Å². The van der Waals surface area contributed by atoms with Gasteiger partial charge in [-0.2, -0.15) is 4.57 Å². The zero-order valence-corrected chi connectivity index (χ0v) is 23.6. The molecule has 0 fully saturated rings. The van der Waals surface area contributed by atoms with Crippen LogP contribution in [0.25, 0.3) is 43.6 Å². The summed E-state index contributed by atoms with van der Waals surface area (Å²) in [6, 6.07) is 27.6. The van der Waals surface area contributed by atoms with Crippen LogP contribution in [0.5, 0.6) is 0 Å². The first-order chi connectivity index (χ1) is 15.9. The van der Waals surface area contributed by atoms with Gasteiger partial charge in [0.05, 0.1) is 11.0 Å². The van der Waals surface area contributed by atoms with Crippen LogP contribution in [0.15, 0.2) is 84.9 Å². The van der Waals surface area contributed by atoms with E-state index in [9.17, 15) is 0 Å². The average Bonchev–Trinajstić information content (AvgIpc) is 2.79. The Labute approximate surface area is 252 Å². The molecule has 2 aromatic heterocycles. The van der Waals surface area contributed by atoms with Gasteiger partial charge in [0.25, 0.3) is 0 Å². The SMILES string of the molecule is C[n+]1c2cc(N)ccc2cc2ccc(N)cc21.Cl.Nc1ccc2cc3ccc(N)cc3nc2c1.[K+]. The molecule has 6 aromatic rings. The van der Waals surface area contributed by atoms with Gasteiger partial charge in [-0.05, 0) is 60.7 Å². The van der Waals surface area contributed by atoms with E-state index in [4.69, 9.17) is 22.9 Å². The summed E-state index contributed by atoms with van der Waals surface area (Å²) in [4.78, 5) is 4.54. The molecule has 0 saturated heterocycles. The number of fused-ring (bicyclic) bond motifs is 4. The Morgan fingerprint density at radius 1 is 0.514 bits per heavy atom. The fraction of sp³-hybridized carbons (Fsp3) is 0.0370. The van der Waals surface area contributed by atoms with Gasteiger partial charge in [0.2, 0.25) is 11.0 Å². The van der Waals surface area contributed by atoms with Crippen molar-refractivity contribution in [2.75, 3.05) is 22.9 Å².